The van der Waals surface area contributed by atoms with E-state index in [9.17, 15) is 0 Å². The third-order valence-electron chi connectivity index (χ3n) is 3.32. The number of anilines is 1. The molecular formula is C15H17ClN4. The molecule has 0 atom stereocenters. The molecule has 20 heavy (non-hydrogen) atoms. The van der Waals surface area contributed by atoms with Gasteiger partial charge in [-0.15, -0.1) is 0 Å². The molecule has 2 heterocycles. The average molecular weight is 289 g/mol. The van der Waals surface area contributed by atoms with Crippen LogP contribution in [0.2, 0.25) is 5.15 Å². The van der Waals surface area contributed by atoms with Crippen molar-refractivity contribution in [2.45, 2.75) is 25.7 Å². The maximum atomic E-state index is 6.05. The van der Waals surface area contributed by atoms with E-state index >= 15 is 0 Å². The lowest BCUT2D eigenvalue weighted by molar-refractivity contribution is 0.769. The molecule has 0 unspecified atom stereocenters. The molecule has 4 nitrogen and oxygen atoms in total. The van der Waals surface area contributed by atoms with Gasteiger partial charge in [0, 0.05) is 37.3 Å². The molecule has 0 amide bonds. The molecule has 0 saturated heterocycles. The standard InChI is InChI=1S/C15H17ClN4/c16-13-10-14(20-15(19-13)9-11-4-5-11)18-8-6-12-3-1-2-7-17-12/h1-3,7,10-11H,4-6,8-9H2,(H,18,19,20). The van der Waals surface area contributed by atoms with E-state index in [2.05, 4.69) is 20.3 Å². The van der Waals surface area contributed by atoms with Crippen molar-refractivity contribution in [3.8, 4) is 0 Å². The van der Waals surface area contributed by atoms with Crippen LogP contribution in [-0.2, 0) is 12.8 Å². The SMILES string of the molecule is Clc1cc(NCCc2ccccn2)nc(CC2CC2)n1. The van der Waals surface area contributed by atoms with E-state index in [1.807, 2.05) is 24.4 Å². The van der Waals surface area contributed by atoms with E-state index in [1.165, 1.54) is 12.8 Å². The first-order chi connectivity index (χ1) is 9.79. The molecular weight excluding hydrogens is 272 g/mol. The molecule has 3 rings (SSSR count). The number of pyridine rings is 1. The number of aromatic nitrogens is 3. The van der Waals surface area contributed by atoms with Crippen molar-refractivity contribution < 1.29 is 0 Å². The smallest absolute Gasteiger partial charge is 0.134 e. The molecule has 2 aromatic heterocycles. The molecule has 1 aliphatic carbocycles. The van der Waals surface area contributed by atoms with Crippen molar-refractivity contribution in [1.29, 1.82) is 0 Å². The van der Waals surface area contributed by atoms with Crippen LogP contribution in [0.3, 0.4) is 0 Å². The van der Waals surface area contributed by atoms with E-state index in [0.717, 1.165) is 42.6 Å². The van der Waals surface area contributed by atoms with Crippen molar-refractivity contribution in [2.75, 3.05) is 11.9 Å². The number of halogens is 1. The molecule has 104 valence electrons. The lowest BCUT2D eigenvalue weighted by atomic mass is 10.2. The molecule has 1 fully saturated rings. The fourth-order valence-corrected chi connectivity index (χ4v) is 2.29. The summed E-state index contributed by atoms with van der Waals surface area (Å²) in [6, 6.07) is 7.71. The zero-order valence-electron chi connectivity index (χ0n) is 11.2. The van der Waals surface area contributed by atoms with E-state index in [0.29, 0.717) is 5.15 Å². The zero-order valence-corrected chi connectivity index (χ0v) is 12.0. The summed E-state index contributed by atoms with van der Waals surface area (Å²) < 4.78 is 0. The Bertz CT molecular complexity index is 569. The molecule has 0 bridgehead atoms. The Morgan fingerprint density at radius 1 is 1.25 bits per heavy atom. The lowest BCUT2D eigenvalue weighted by Gasteiger charge is -2.07. The van der Waals surface area contributed by atoms with Gasteiger partial charge in [0.25, 0.3) is 0 Å². The highest BCUT2D eigenvalue weighted by atomic mass is 35.5. The second-order valence-electron chi connectivity index (χ2n) is 5.14. The summed E-state index contributed by atoms with van der Waals surface area (Å²) in [5.74, 6) is 2.41. The maximum Gasteiger partial charge on any atom is 0.134 e. The molecule has 1 N–H and O–H groups in total. The van der Waals surface area contributed by atoms with Crippen LogP contribution in [-0.4, -0.2) is 21.5 Å². The summed E-state index contributed by atoms with van der Waals surface area (Å²) in [4.78, 5) is 13.1. The second-order valence-corrected chi connectivity index (χ2v) is 5.52. The van der Waals surface area contributed by atoms with Gasteiger partial charge in [-0.05, 0) is 30.9 Å². The van der Waals surface area contributed by atoms with Crippen molar-refractivity contribution in [3.63, 3.8) is 0 Å². The summed E-state index contributed by atoms with van der Waals surface area (Å²) in [5, 5.41) is 3.80. The second kappa shape index (κ2) is 6.18. The Kier molecular flexibility index (Phi) is 4.11. The Morgan fingerprint density at radius 2 is 2.15 bits per heavy atom. The van der Waals surface area contributed by atoms with E-state index in [1.54, 1.807) is 6.07 Å². The number of rotatable bonds is 6. The van der Waals surface area contributed by atoms with Crippen molar-refractivity contribution in [2.24, 2.45) is 5.92 Å². The summed E-state index contributed by atoms with van der Waals surface area (Å²) >= 11 is 6.05. The summed E-state index contributed by atoms with van der Waals surface area (Å²) in [5.41, 5.74) is 1.07. The molecule has 1 aliphatic rings. The van der Waals surface area contributed by atoms with Crippen LogP contribution in [0.4, 0.5) is 5.82 Å². The first-order valence-corrected chi connectivity index (χ1v) is 7.34. The normalized spacial score (nSPS) is 14.2. The first-order valence-electron chi connectivity index (χ1n) is 6.97. The predicted octanol–water partition coefficient (Wildman–Crippen LogP) is 3.13. The van der Waals surface area contributed by atoms with Gasteiger partial charge in [-0.25, -0.2) is 9.97 Å². The van der Waals surface area contributed by atoms with Gasteiger partial charge in [0.05, 0.1) is 0 Å². The van der Waals surface area contributed by atoms with Crippen molar-refractivity contribution in [1.82, 2.24) is 15.0 Å². The molecule has 0 aliphatic heterocycles. The van der Waals surface area contributed by atoms with Crippen LogP contribution in [0.25, 0.3) is 0 Å². The summed E-state index contributed by atoms with van der Waals surface area (Å²) in [6.45, 7) is 0.785. The van der Waals surface area contributed by atoms with Gasteiger partial charge in [0.15, 0.2) is 0 Å². The van der Waals surface area contributed by atoms with Crippen molar-refractivity contribution >= 4 is 17.4 Å². The fourth-order valence-electron chi connectivity index (χ4n) is 2.09. The minimum Gasteiger partial charge on any atom is -0.370 e. The van der Waals surface area contributed by atoms with Crippen LogP contribution in [0.15, 0.2) is 30.5 Å². The monoisotopic (exact) mass is 288 g/mol. The topological polar surface area (TPSA) is 50.7 Å². The Hall–Kier alpha value is -1.68. The number of hydrogen-bond acceptors (Lipinski definition) is 4. The zero-order chi connectivity index (χ0) is 13.8. The molecule has 1 saturated carbocycles. The third kappa shape index (κ3) is 3.90. The van der Waals surface area contributed by atoms with Gasteiger partial charge < -0.3 is 5.32 Å². The highest BCUT2D eigenvalue weighted by Gasteiger charge is 2.23. The quantitative estimate of drug-likeness (QED) is 0.830. The maximum absolute atomic E-state index is 6.05. The van der Waals surface area contributed by atoms with Gasteiger partial charge in [-0.3, -0.25) is 4.98 Å². The van der Waals surface area contributed by atoms with Gasteiger partial charge >= 0.3 is 0 Å². The molecule has 2 aromatic rings. The van der Waals surface area contributed by atoms with Crippen LogP contribution in [0.5, 0.6) is 0 Å². The van der Waals surface area contributed by atoms with Gasteiger partial charge in [0.1, 0.15) is 16.8 Å². The Balaban J connectivity index is 1.57. The summed E-state index contributed by atoms with van der Waals surface area (Å²) in [7, 11) is 0. The highest BCUT2D eigenvalue weighted by Crippen LogP contribution is 2.32. The van der Waals surface area contributed by atoms with E-state index in [-0.39, 0.29) is 0 Å². The lowest BCUT2D eigenvalue weighted by Crippen LogP contribution is -2.09. The molecule has 5 heteroatoms. The highest BCUT2D eigenvalue weighted by molar-refractivity contribution is 6.29. The van der Waals surface area contributed by atoms with Crippen LogP contribution < -0.4 is 5.32 Å². The Labute approximate surface area is 123 Å². The average Bonchev–Trinajstić information content (AvgIpc) is 3.23. The van der Waals surface area contributed by atoms with Crippen LogP contribution >= 0.6 is 11.6 Å². The van der Waals surface area contributed by atoms with Gasteiger partial charge in [-0.2, -0.15) is 0 Å². The minimum atomic E-state index is 0.510. The van der Waals surface area contributed by atoms with Crippen LogP contribution in [0, 0.1) is 5.92 Å². The van der Waals surface area contributed by atoms with E-state index in [4.69, 9.17) is 11.6 Å². The summed E-state index contributed by atoms with van der Waals surface area (Å²) in [6.07, 6.45) is 6.19. The Morgan fingerprint density at radius 3 is 2.90 bits per heavy atom. The first kappa shape index (κ1) is 13.3. The van der Waals surface area contributed by atoms with Gasteiger partial charge in [-0.1, -0.05) is 17.7 Å². The fraction of sp³-hybridized carbons (Fsp3) is 0.400. The third-order valence-corrected chi connectivity index (χ3v) is 3.52. The largest absolute Gasteiger partial charge is 0.370 e. The van der Waals surface area contributed by atoms with Crippen molar-refractivity contribution in [3.05, 3.63) is 47.1 Å². The molecule has 0 spiro atoms. The van der Waals surface area contributed by atoms with Crippen LogP contribution in [0.1, 0.15) is 24.4 Å². The minimum absolute atomic E-state index is 0.510. The number of hydrogen-bond donors (Lipinski definition) is 1. The number of nitrogens with zero attached hydrogens (tertiary/aromatic N) is 3. The van der Waals surface area contributed by atoms with Gasteiger partial charge in [0.2, 0.25) is 0 Å². The predicted molar refractivity (Wildman–Crippen MR) is 79.9 cm³/mol. The number of nitrogens with one attached hydrogen (secondary N) is 1. The van der Waals surface area contributed by atoms with E-state index < -0.39 is 0 Å². The molecule has 0 radical (unpaired) electrons. The molecule has 0 aromatic carbocycles.